The highest BCUT2D eigenvalue weighted by molar-refractivity contribution is 7.91. The zero-order chi connectivity index (χ0) is 37.3. The van der Waals surface area contributed by atoms with Crippen molar-refractivity contribution in [3.05, 3.63) is 61.8 Å². The lowest BCUT2D eigenvalue weighted by atomic mass is 10.1. The van der Waals surface area contributed by atoms with Crippen LogP contribution in [0.1, 0.15) is 46.5 Å². The monoisotopic (exact) mass is 724 g/mol. The molecule has 0 spiro atoms. The maximum atomic E-state index is 14.4. The number of carbonyl (C=O) groups is 5. The highest BCUT2D eigenvalue weighted by Gasteiger charge is 2.62. The summed E-state index contributed by atoms with van der Waals surface area (Å²) in [5.74, 6) is -3.15. The number of ether oxygens (including phenoxy) is 2. The molecule has 0 unspecified atom stereocenters. The SMILES string of the molecule is C=CC(=O)N(C)C[C@H](NC(=O)OC(C)(C)C)C(=O)N1C[C@H](Oc2nccc3ccccc23)C[C@H]1C(=O)N[C@]1(C(=O)NS(=O)(=O)C2CC2)C[C@@H]1C=C. The van der Waals surface area contributed by atoms with Crippen LogP contribution in [0.15, 0.2) is 61.8 Å². The van der Waals surface area contributed by atoms with Gasteiger partial charge in [0, 0.05) is 31.0 Å². The lowest BCUT2D eigenvalue weighted by molar-refractivity contribution is -0.141. The van der Waals surface area contributed by atoms with E-state index in [1.54, 1.807) is 27.0 Å². The first-order valence-electron chi connectivity index (χ1n) is 16.7. The lowest BCUT2D eigenvalue weighted by Gasteiger charge is -2.31. The second-order valence-corrected chi connectivity index (χ2v) is 16.1. The van der Waals surface area contributed by atoms with Gasteiger partial charge in [-0.3, -0.25) is 23.9 Å². The number of benzene rings is 1. The molecule has 3 N–H and O–H groups in total. The standard InChI is InChI=1S/C35H44N6O9S/c1-7-22-18-35(22,32(45)39-51(47,48)24-13-14-24)38-29(43)27-17-23(49-30-25-12-10-9-11-21(25)15-16-36-30)19-41(27)31(44)26(20-40(6)28(42)8-2)37-33(46)50-34(3,4)5/h7-12,15-16,22-24,26-27H,1-2,13-14,17-20H2,3-6H3,(H,37,46)(H,38,43)(H,39,45)/t22-,23+,26-,27-,35+/m0/s1. The van der Waals surface area contributed by atoms with Gasteiger partial charge in [0.2, 0.25) is 33.6 Å². The minimum atomic E-state index is -3.93. The average Bonchev–Trinajstić information content (AvgIpc) is 3.99. The molecule has 1 aromatic heterocycles. The van der Waals surface area contributed by atoms with Crippen molar-refractivity contribution in [2.24, 2.45) is 5.92 Å². The van der Waals surface area contributed by atoms with Crippen LogP contribution in [0.2, 0.25) is 0 Å². The molecule has 51 heavy (non-hydrogen) atoms. The van der Waals surface area contributed by atoms with Gasteiger partial charge < -0.3 is 29.9 Å². The van der Waals surface area contributed by atoms with E-state index in [9.17, 15) is 32.4 Å². The van der Waals surface area contributed by atoms with Crippen LogP contribution in [0.4, 0.5) is 4.79 Å². The van der Waals surface area contributed by atoms with E-state index < -0.39 is 80.2 Å². The van der Waals surface area contributed by atoms with Crippen molar-refractivity contribution in [2.45, 2.75) is 81.0 Å². The molecule has 16 heteroatoms. The first-order chi connectivity index (χ1) is 24.0. The maximum Gasteiger partial charge on any atom is 0.408 e. The van der Waals surface area contributed by atoms with Crippen molar-refractivity contribution in [3.8, 4) is 5.88 Å². The second-order valence-electron chi connectivity index (χ2n) is 14.1. The Kier molecular flexibility index (Phi) is 10.5. The number of hydrogen-bond acceptors (Lipinski definition) is 10. The topological polar surface area (TPSA) is 193 Å². The fourth-order valence-corrected chi connectivity index (χ4v) is 7.46. The number of pyridine rings is 1. The van der Waals surface area contributed by atoms with E-state index in [0.29, 0.717) is 18.2 Å². The number of likely N-dealkylation sites (N-methyl/N-ethyl adjacent to an activating group) is 1. The lowest BCUT2D eigenvalue weighted by Crippen LogP contribution is -2.60. The quantitative estimate of drug-likeness (QED) is 0.203. The number of carbonyl (C=O) groups excluding carboxylic acids is 5. The van der Waals surface area contributed by atoms with Gasteiger partial charge >= 0.3 is 6.09 Å². The molecule has 2 saturated carbocycles. The van der Waals surface area contributed by atoms with Gasteiger partial charge in [0.15, 0.2) is 0 Å². The summed E-state index contributed by atoms with van der Waals surface area (Å²) in [5, 5.41) is 6.16. The van der Waals surface area contributed by atoms with E-state index in [4.69, 9.17) is 9.47 Å². The molecule has 5 rings (SSSR count). The minimum absolute atomic E-state index is 0.0418. The summed E-state index contributed by atoms with van der Waals surface area (Å²) < 4.78 is 39.1. The zero-order valence-electron chi connectivity index (χ0n) is 29.1. The fraction of sp³-hybridized carbons (Fsp3) is 0.486. The Balaban J connectivity index is 1.45. The molecule has 5 amide bonds. The van der Waals surface area contributed by atoms with E-state index in [1.807, 2.05) is 30.3 Å². The van der Waals surface area contributed by atoms with Crippen LogP contribution in [0.3, 0.4) is 0 Å². The molecule has 1 aromatic carbocycles. The highest BCUT2D eigenvalue weighted by Crippen LogP contribution is 2.45. The molecule has 5 atom stereocenters. The predicted molar refractivity (Wildman–Crippen MR) is 187 cm³/mol. The highest BCUT2D eigenvalue weighted by atomic mass is 32.2. The largest absolute Gasteiger partial charge is 0.472 e. The molecular formula is C35H44N6O9S. The van der Waals surface area contributed by atoms with Crippen LogP contribution in [-0.2, 0) is 33.9 Å². The summed E-state index contributed by atoms with van der Waals surface area (Å²) >= 11 is 0. The van der Waals surface area contributed by atoms with E-state index in [2.05, 4.69) is 33.5 Å². The van der Waals surface area contributed by atoms with Crippen LogP contribution >= 0.6 is 0 Å². The number of alkyl carbamates (subject to hydrolysis) is 1. The van der Waals surface area contributed by atoms with Crippen molar-refractivity contribution >= 4 is 50.5 Å². The Bertz CT molecular complexity index is 1850. The molecule has 0 bridgehead atoms. The molecule has 3 fully saturated rings. The molecule has 15 nitrogen and oxygen atoms in total. The van der Waals surface area contributed by atoms with Gasteiger partial charge in [0.05, 0.1) is 18.3 Å². The molecule has 2 aliphatic carbocycles. The number of nitrogens with zero attached hydrogens (tertiary/aromatic N) is 3. The van der Waals surface area contributed by atoms with Crippen molar-refractivity contribution in [1.82, 2.24) is 30.1 Å². The van der Waals surface area contributed by atoms with Gasteiger partial charge in [-0.2, -0.15) is 0 Å². The summed E-state index contributed by atoms with van der Waals surface area (Å²) in [6.07, 6.45) is 3.34. The smallest absolute Gasteiger partial charge is 0.408 e. The van der Waals surface area contributed by atoms with Crippen LogP contribution in [0.5, 0.6) is 5.88 Å². The van der Waals surface area contributed by atoms with Crippen molar-refractivity contribution in [3.63, 3.8) is 0 Å². The third-order valence-corrected chi connectivity index (χ3v) is 10.8. The number of nitrogens with one attached hydrogen (secondary N) is 3. The van der Waals surface area contributed by atoms with E-state index in [-0.39, 0.29) is 31.8 Å². The summed E-state index contributed by atoms with van der Waals surface area (Å²) in [6, 6.07) is 6.61. The molecule has 1 saturated heterocycles. The number of fused-ring (bicyclic) bond motifs is 1. The average molecular weight is 725 g/mol. The third kappa shape index (κ3) is 8.49. The number of aromatic nitrogens is 1. The van der Waals surface area contributed by atoms with Crippen molar-refractivity contribution in [2.75, 3.05) is 20.1 Å². The Hall–Kier alpha value is -4.99. The molecule has 3 aliphatic rings. The number of rotatable bonds is 13. The summed E-state index contributed by atoms with van der Waals surface area (Å²) in [5.41, 5.74) is -2.51. The summed E-state index contributed by atoms with van der Waals surface area (Å²) in [6.45, 7) is 11.7. The fourth-order valence-electron chi connectivity index (χ4n) is 6.09. The van der Waals surface area contributed by atoms with Gasteiger partial charge in [-0.1, -0.05) is 30.9 Å². The number of hydrogen-bond donors (Lipinski definition) is 3. The number of amides is 5. The van der Waals surface area contributed by atoms with Gasteiger partial charge in [0.1, 0.15) is 29.3 Å². The predicted octanol–water partition coefficient (Wildman–Crippen LogP) is 1.79. The molecule has 1 aliphatic heterocycles. The Morgan fingerprint density at radius 2 is 1.84 bits per heavy atom. The van der Waals surface area contributed by atoms with Crippen LogP contribution in [0.25, 0.3) is 10.8 Å². The number of sulfonamides is 1. The molecule has 0 radical (unpaired) electrons. The van der Waals surface area contributed by atoms with Gasteiger partial charge in [-0.25, -0.2) is 18.2 Å². The molecule has 274 valence electrons. The first kappa shape index (κ1) is 37.3. The third-order valence-electron chi connectivity index (χ3n) is 9.01. The van der Waals surface area contributed by atoms with E-state index in [0.717, 1.165) is 11.5 Å². The van der Waals surface area contributed by atoms with Crippen LogP contribution in [0, 0.1) is 5.92 Å². The Morgan fingerprint density at radius 3 is 2.47 bits per heavy atom. The van der Waals surface area contributed by atoms with E-state index >= 15 is 0 Å². The summed E-state index contributed by atoms with van der Waals surface area (Å²) in [7, 11) is -2.50. The molecular weight excluding hydrogens is 680 g/mol. The van der Waals surface area contributed by atoms with Gasteiger partial charge in [-0.05, 0) is 63.6 Å². The van der Waals surface area contributed by atoms with Crippen LogP contribution < -0.4 is 20.1 Å². The van der Waals surface area contributed by atoms with Crippen molar-refractivity contribution in [1.29, 1.82) is 0 Å². The van der Waals surface area contributed by atoms with Gasteiger partial charge in [0.25, 0.3) is 5.91 Å². The normalized spacial score (nSPS) is 23.4. The molecule has 2 aromatic rings. The summed E-state index contributed by atoms with van der Waals surface area (Å²) in [4.78, 5) is 74.1. The maximum absolute atomic E-state index is 14.4. The van der Waals surface area contributed by atoms with Crippen LogP contribution in [-0.4, -0.2) is 108 Å². The number of likely N-dealkylation sites (tertiary alicyclic amines) is 1. The minimum Gasteiger partial charge on any atom is -0.472 e. The van der Waals surface area contributed by atoms with Crippen molar-refractivity contribution < 1.29 is 41.9 Å². The molecule has 2 heterocycles. The van der Waals surface area contributed by atoms with E-state index in [1.165, 1.54) is 22.9 Å². The Morgan fingerprint density at radius 1 is 1.14 bits per heavy atom. The zero-order valence-corrected chi connectivity index (χ0v) is 29.9. The second kappa shape index (κ2) is 14.3. The van der Waals surface area contributed by atoms with Gasteiger partial charge in [-0.15, -0.1) is 6.58 Å². The Labute approximate surface area is 296 Å². The first-order valence-corrected chi connectivity index (χ1v) is 18.2.